The van der Waals surface area contributed by atoms with E-state index in [-0.39, 0.29) is 5.84 Å². The Morgan fingerprint density at radius 1 is 1.25 bits per heavy atom. The van der Waals surface area contributed by atoms with Crippen molar-refractivity contribution < 1.29 is 0 Å². The minimum absolute atomic E-state index is 0.108. The number of benzene rings is 1. The molecule has 0 radical (unpaired) electrons. The molecule has 0 aliphatic heterocycles. The highest BCUT2D eigenvalue weighted by Gasteiger charge is 2.14. The Labute approximate surface area is 119 Å². The van der Waals surface area contributed by atoms with Crippen LogP contribution in [-0.4, -0.2) is 17.4 Å². The zero-order chi connectivity index (χ0) is 14.5. The Morgan fingerprint density at radius 3 is 2.55 bits per heavy atom. The van der Waals surface area contributed by atoms with Crippen molar-refractivity contribution in [1.29, 1.82) is 5.41 Å². The number of anilines is 1. The monoisotopic (exact) mass is 268 g/mol. The molecule has 0 atom stereocenters. The van der Waals surface area contributed by atoms with Crippen LogP contribution in [0.3, 0.4) is 0 Å². The van der Waals surface area contributed by atoms with E-state index in [0.29, 0.717) is 0 Å². The maximum Gasteiger partial charge on any atom is 0.124 e. The van der Waals surface area contributed by atoms with Crippen molar-refractivity contribution in [2.45, 2.75) is 20.4 Å². The van der Waals surface area contributed by atoms with E-state index in [1.54, 1.807) is 12.4 Å². The molecule has 1 heterocycles. The minimum atomic E-state index is 0.108. The summed E-state index contributed by atoms with van der Waals surface area (Å²) in [6, 6.07) is 9.91. The van der Waals surface area contributed by atoms with E-state index in [0.717, 1.165) is 29.9 Å². The van der Waals surface area contributed by atoms with Gasteiger partial charge in [-0.05, 0) is 43.2 Å². The summed E-state index contributed by atoms with van der Waals surface area (Å²) < 4.78 is 0. The van der Waals surface area contributed by atoms with Crippen LogP contribution in [0.2, 0.25) is 0 Å². The lowest BCUT2D eigenvalue weighted by Crippen LogP contribution is -2.26. The molecule has 104 valence electrons. The molecule has 2 aromatic rings. The average molecular weight is 268 g/mol. The quantitative estimate of drug-likeness (QED) is 0.647. The minimum Gasteiger partial charge on any atom is -0.384 e. The van der Waals surface area contributed by atoms with Crippen molar-refractivity contribution in [1.82, 2.24) is 4.98 Å². The molecular weight excluding hydrogens is 248 g/mol. The van der Waals surface area contributed by atoms with Gasteiger partial charge in [0.1, 0.15) is 5.84 Å². The van der Waals surface area contributed by atoms with Crippen molar-refractivity contribution in [2.24, 2.45) is 5.73 Å². The first-order valence-corrected chi connectivity index (χ1v) is 6.71. The van der Waals surface area contributed by atoms with Gasteiger partial charge in [-0.25, -0.2) is 0 Å². The molecule has 3 N–H and O–H groups in total. The van der Waals surface area contributed by atoms with Gasteiger partial charge >= 0.3 is 0 Å². The number of nitrogens with two attached hydrogens (primary N) is 1. The van der Waals surface area contributed by atoms with Crippen LogP contribution in [-0.2, 0) is 6.54 Å². The molecule has 0 aliphatic carbocycles. The fourth-order valence-electron chi connectivity index (χ4n) is 2.35. The van der Waals surface area contributed by atoms with Crippen LogP contribution in [0.25, 0.3) is 0 Å². The van der Waals surface area contributed by atoms with E-state index >= 15 is 0 Å². The Hall–Kier alpha value is -2.36. The molecule has 0 aliphatic rings. The van der Waals surface area contributed by atoms with Crippen molar-refractivity contribution >= 4 is 11.5 Å². The molecule has 0 saturated carbocycles. The lowest BCUT2D eigenvalue weighted by Gasteiger charge is -2.27. The zero-order valence-corrected chi connectivity index (χ0v) is 11.9. The van der Waals surface area contributed by atoms with Crippen LogP contribution >= 0.6 is 0 Å². The zero-order valence-electron chi connectivity index (χ0n) is 11.9. The molecule has 1 aromatic carbocycles. The van der Waals surface area contributed by atoms with Crippen LogP contribution < -0.4 is 10.6 Å². The molecule has 0 spiro atoms. The molecule has 0 amide bonds. The summed E-state index contributed by atoms with van der Waals surface area (Å²) in [7, 11) is 0. The van der Waals surface area contributed by atoms with Crippen molar-refractivity contribution in [3.05, 3.63) is 59.4 Å². The van der Waals surface area contributed by atoms with Gasteiger partial charge in [0.25, 0.3) is 0 Å². The van der Waals surface area contributed by atoms with Gasteiger partial charge in [0.15, 0.2) is 0 Å². The number of aromatic nitrogens is 1. The summed E-state index contributed by atoms with van der Waals surface area (Å²) >= 11 is 0. The third-order valence-corrected chi connectivity index (χ3v) is 3.35. The first-order chi connectivity index (χ1) is 9.63. The third-order valence-electron chi connectivity index (χ3n) is 3.35. The number of amidine groups is 1. The van der Waals surface area contributed by atoms with Crippen LogP contribution in [0.1, 0.15) is 23.6 Å². The normalized spacial score (nSPS) is 10.3. The molecule has 0 saturated heterocycles. The number of nitrogens with zero attached hydrogens (tertiary/aromatic N) is 2. The predicted molar refractivity (Wildman–Crippen MR) is 83.2 cm³/mol. The second-order valence-electron chi connectivity index (χ2n) is 4.75. The SMILES string of the molecule is CCN(Cc1ccncc1)c1c(C)cccc1C(=N)N. The van der Waals surface area contributed by atoms with Crippen LogP contribution in [0.4, 0.5) is 5.69 Å². The number of para-hydroxylation sites is 1. The smallest absolute Gasteiger partial charge is 0.124 e. The summed E-state index contributed by atoms with van der Waals surface area (Å²) in [4.78, 5) is 6.28. The number of rotatable bonds is 5. The van der Waals surface area contributed by atoms with Gasteiger partial charge in [-0.3, -0.25) is 10.4 Å². The molecule has 0 bridgehead atoms. The van der Waals surface area contributed by atoms with Gasteiger partial charge in [0.05, 0.1) is 5.69 Å². The highest BCUT2D eigenvalue weighted by atomic mass is 15.1. The Balaban J connectivity index is 2.39. The highest BCUT2D eigenvalue weighted by Crippen LogP contribution is 2.26. The molecule has 0 unspecified atom stereocenters. The molecule has 1 aromatic heterocycles. The number of hydrogen-bond donors (Lipinski definition) is 2. The van der Waals surface area contributed by atoms with E-state index in [1.165, 1.54) is 5.56 Å². The number of nitrogens with one attached hydrogen (secondary N) is 1. The van der Waals surface area contributed by atoms with Crippen molar-refractivity contribution in [3.63, 3.8) is 0 Å². The number of nitrogen functional groups attached to an aromatic ring is 1. The number of aryl methyl sites for hydroxylation is 1. The Kier molecular flexibility index (Phi) is 4.35. The molecular formula is C16H20N4. The maximum atomic E-state index is 7.76. The second kappa shape index (κ2) is 6.19. The fourth-order valence-corrected chi connectivity index (χ4v) is 2.35. The van der Waals surface area contributed by atoms with Gasteiger partial charge < -0.3 is 10.6 Å². The second-order valence-corrected chi connectivity index (χ2v) is 4.75. The molecule has 4 heteroatoms. The van der Waals surface area contributed by atoms with Gasteiger partial charge in [0, 0.05) is 31.0 Å². The highest BCUT2D eigenvalue weighted by molar-refractivity contribution is 6.01. The van der Waals surface area contributed by atoms with E-state index in [1.807, 2.05) is 24.3 Å². The first-order valence-electron chi connectivity index (χ1n) is 6.71. The standard InChI is InChI=1S/C16H20N4/c1-3-20(11-13-7-9-19-10-8-13)15-12(2)5-4-6-14(15)16(17)18/h4-10H,3,11H2,1-2H3,(H3,17,18). The van der Waals surface area contributed by atoms with Gasteiger partial charge in [-0.2, -0.15) is 0 Å². The maximum absolute atomic E-state index is 7.76. The van der Waals surface area contributed by atoms with Gasteiger partial charge in [-0.1, -0.05) is 12.1 Å². The Morgan fingerprint density at radius 2 is 1.95 bits per heavy atom. The van der Waals surface area contributed by atoms with Crippen LogP contribution in [0.15, 0.2) is 42.7 Å². The van der Waals surface area contributed by atoms with E-state index < -0.39 is 0 Å². The van der Waals surface area contributed by atoms with Crippen molar-refractivity contribution in [2.75, 3.05) is 11.4 Å². The lowest BCUT2D eigenvalue weighted by atomic mass is 10.0. The average Bonchev–Trinajstić information content (AvgIpc) is 2.46. The molecule has 2 rings (SSSR count). The summed E-state index contributed by atoms with van der Waals surface area (Å²) in [6.45, 7) is 5.80. The summed E-state index contributed by atoms with van der Waals surface area (Å²) in [5.41, 5.74) is 9.88. The van der Waals surface area contributed by atoms with E-state index in [2.05, 4.69) is 29.8 Å². The summed E-state index contributed by atoms with van der Waals surface area (Å²) in [5.74, 6) is 0.108. The van der Waals surface area contributed by atoms with Crippen LogP contribution in [0.5, 0.6) is 0 Å². The number of hydrogen-bond acceptors (Lipinski definition) is 3. The predicted octanol–water partition coefficient (Wildman–Crippen LogP) is 2.70. The van der Waals surface area contributed by atoms with Gasteiger partial charge in [-0.15, -0.1) is 0 Å². The fraction of sp³-hybridized carbons (Fsp3) is 0.250. The first kappa shape index (κ1) is 14.1. The number of pyridine rings is 1. The van der Waals surface area contributed by atoms with E-state index in [4.69, 9.17) is 11.1 Å². The summed E-state index contributed by atoms with van der Waals surface area (Å²) in [5, 5.41) is 7.76. The third kappa shape index (κ3) is 2.96. The largest absolute Gasteiger partial charge is 0.384 e. The van der Waals surface area contributed by atoms with Crippen molar-refractivity contribution in [3.8, 4) is 0 Å². The van der Waals surface area contributed by atoms with Crippen LogP contribution in [0, 0.1) is 12.3 Å². The summed E-state index contributed by atoms with van der Waals surface area (Å²) in [6.07, 6.45) is 3.60. The van der Waals surface area contributed by atoms with Gasteiger partial charge in [0.2, 0.25) is 0 Å². The molecule has 4 nitrogen and oxygen atoms in total. The lowest BCUT2D eigenvalue weighted by molar-refractivity contribution is 0.825. The topological polar surface area (TPSA) is 66.0 Å². The van der Waals surface area contributed by atoms with E-state index in [9.17, 15) is 0 Å². The molecule has 20 heavy (non-hydrogen) atoms. The Bertz CT molecular complexity index is 593. The molecule has 0 fully saturated rings.